The van der Waals surface area contributed by atoms with Crippen molar-refractivity contribution in [2.45, 2.75) is 37.5 Å². The first-order valence-electron chi connectivity index (χ1n) is 11.0. The lowest BCUT2D eigenvalue weighted by Gasteiger charge is -2.17. The average Bonchev–Trinajstić information content (AvgIpc) is 3.37. The molecule has 160 valence electrons. The van der Waals surface area contributed by atoms with E-state index in [1.165, 1.54) is 6.07 Å². The van der Waals surface area contributed by atoms with Crippen LogP contribution in [0.15, 0.2) is 37.1 Å². The molecule has 8 heteroatoms. The molecule has 5 heterocycles. The van der Waals surface area contributed by atoms with Gasteiger partial charge < -0.3 is 9.47 Å². The Bertz CT molecular complexity index is 1380. The van der Waals surface area contributed by atoms with E-state index in [9.17, 15) is 4.39 Å². The van der Waals surface area contributed by atoms with Crippen molar-refractivity contribution in [2.24, 2.45) is 0 Å². The number of fused-ring (bicyclic) bond motifs is 3. The van der Waals surface area contributed by atoms with Crippen molar-refractivity contribution < 1.29 is 13.9 Å². The molecule has 7 nitrogen and oxygen atoms in total. The number of ether oxygens (including phenoxy) is 2. The molecule has 0 bridgehead atoms. The number of benzene rings is 1. The van der Waals surface area contributed by atoms with Gasteiger partial charge in [-0.3, -0.25) is 4.40 Å². The van der Waals surface area contributed by atoms with Gasteiger partial charge in [-0.1, -0.05) is 0 Å². The molecule has 3 aromatic heterocycles. The number of nitrogens with zero attached hydrogens (tertiary/aromatic N) is 5. The van der Waals surface area contributed by atoms with Crippen LogP contribution in [0, 0.1) is 5.82 Å². The third-order valence-electron chi connectivity index (χ3n) is 6.80. The first-order valence-corrected chi connectivity index (χ1v) is 11.0. The minimum Gasteiger partial charge on any atom is -0.493 e. The zero-order chi connectivity index (χ0) is 21.2. The third kappa shape index (κ3) is 2.65. The number of pyridine rings is 1. The van der Waals surface area contributed by atoms with Crippen molar-refractivity contribution in [1.29, 1.82) is 0 Å². The molecule has 32 heavy (non-hydrogen) atoms. The van der Waals surface area contributed by atoms with E-state index < -0.39 is 0 Å². The van der Waals surface area contributed by atoms with Gasteiger partial charge in [-0.25, -0.2) is 14.4 Å². The Morgan fingerprint density at radius 2 is 1.88 bits per heavy atom. The SMILES string of the molecule is Fc1ccc2c3c1CCc1c(cc(-c4cncnc4C4CC4)c4nncn14)OC[C@H]3CO2. The molecular weight excluding hydrogens is 409 g/mol. The highest BCUT2D eigenvalue weighted by atomic mass is 19.1. The number of rotatable bonds is 2. The molecule has 1 aliphatic carbocycles. The van der Waals surface area contributed by atoms with Gasteiger partial charge in [0.05, 0.1) is 30.5 Å². The lowest BCUT2D eigenvalue weighted by molar-refractivity contribution is 0.246. The maximum atomic E-state index is 14.8. The second-order valence-corrected chi connectivity index (χ2v) is 8.75. The van der Waals surface area contributed by atoms with Gasteiger partial charge in [-0.15, -0.1) is 10.2 Å². The van der Waals surface area contributed by atoms with Gasteiger partial charge in [-0.2, -0.15) is 0 Å². The van der Waals surface area contributed by atoms with E-state index in [0.717, 1.165) is 63.6 Å². The summed E-state index contributed by atoms with van der Waals surface area (Å²) in [5, 5.41) is 8.60. The van der Waals surface area contributed by atoms with Crippen molar-refractivity contribution in [2.75, 3.05) is 13.2 Å². The Kier molecular flexibility index (Phi) is 3.79. The maximum Gasteiger partial charge on any atom is 0.169 e. The molecule has 0 unspecified atom stereocenters. The van der Waals surface area contributed by atoms with E-state index in [-0.39, 0.29) is 11.7 Å². The number of aryl methyl sites for hydroxylation is 1. The van der Waals surface area contributed by atoms with Gasteiger partial charge in [-0.05, 0) is 49.4 Å². The average molecular weight is 429 g/mol. The Hall–Kier alpha value is -3.55. The van der Waals surface area contributed by atoms with Crippen LogP contribution in [0.5, 0.6) is 11.5 Å². The van der Waals surface area contributed by atoms with E-state index in [1.54, 1.807) is 18.7 Å². The van der Waals surface area contributed by atoms with Crippen LogP contribution in [0.4, 0.5) is 4.39 Å². The van der Waals surface area contributed by atoms with Crippen LogP contribution in [0.25, 0.3) is 16.8 Å². The largest absolute Gasteiger partial charge is 0.493 e. The smallest absolute Gasteiger partial charge is 0.169 e. The monoisotopic (exact) mass is 429 g/mol. The molecule has 2 aliphatic heterocycles. The summed E-state index contributed by atoms with van der Waals surface area (Å²) in [7, 11) is 0. The fourth-order valence-corrected chi connectivity index (χ4v) is 5.09. The lowest BCUT2D eigenvalue weighted by atomic mass is 9.93. The fourth-order valence-electron chi connectivity index (χ4n) is 5.09. The van der Waals surface area contributed by atoms with Crippen molar-refractivity contribution in [3.05, 3.63) is 65.4 Å². The fraction of sp³-hybridized carbons (Fsp3) is 0.333. The summed E-state index contributed by atoms with van der Waals surface area (Å²) in [6.07, 6.45) is 8.61. The second kappa shape index (κ2) is 6.72. The lowest BCUT2D eigenvalue weighted by Crippen LogP contribution is -2.13. The summed E-state index contributed by atoms with van der Waals surface area (Å²) in [5.74, 6) is 1.82. The summed E-state index contributed by atoms with van der Waals surface area (Å²) in [5.41, 5.74) is 6.29. The molecule has 0 N–H and O–H groups in total. The minimum absolute atomic E-state index is 0.00351. The van der Waals surface area contributed by atoms with Crippen LogP contribution in [0.1, 0.15) is 47.2 Å². The van der Waals surface area contributed by atoms with Crippen LogP contribution in [-0.4, -0.2) is 37.8 Å². The van der Waals surface area contributed by atoms with Crippen LogP contribution in [-0.2, 0) is 12.8 Å². The Morgan fingerprint density at radius 1 is 1.00 bits per heavy atom. The van der Waals surface area contributed by atoms with Crippen molar-refractivity contribution in [3.8, 4) is 22.6 Å². The highest BCUT2D eigenvalue weighted by Gasteiger charge is 2.33. The molecule has 0 radical (unpaired) electrons. The molecule has 0 saturated heterocycles. The molecular formula is C24H20FN5O2. The molecule has 1 aromatic carbocycles. The van der Waals surface area contributed by atoms with Crippen molar-refractivity contribution in [3.63, 3.8) is 0 Å². The van der Waals surface area contributed by atoms with Crippen molar-refractivity contribution >= 4 is 5.65 Å². The first-order chi connectivity index (χ1) is 15.8. The Morgan fingerprint density at radius 3 is 2.75 bits per heavy atom. The van der Waals surface area contributed by atoms with E-state index in [0.29, 0.717) is 32.0 Å². The van der Waals surface area contributed by atoms with E-state index in [2.05, 4.69) is 20.2 Å². The van der Waals surface area contributed by atoms with E-state index >= 15 is 0 Å². The summed E-state index contributed by atoms with van der Waals surface area (Å²) in [6.45, 7) is 0.922. The number of hydrogen-bond acceptors (Lipinski definition) is 6. The standard InChI is InChI=1S/C24H20FN5O2/c25-18-4-6-20-22-14(9-31-20)10-32-21-7-16(17-8-26-11-27-23(17)13-1-2-13)24-29-28-12-30(24)19(21)5-3-15(18)22/h4,6-8,11-14H,1-3,5,9-10H2/t14-/m1/s1. The number of hydrogen-bond donors (Lipinski definition) is 0. The quantitative estimate of drug-likeness (QED) is 0.482. The minimum atomic E-state index is -0.185. The van der Waals surface area contributed by atoms with E-state index in [1.807, 2.05) is 16.7 Å². The van der Waals surface area contributed by atoms with Gasteiger partial charge in [0, 0.05) is 28.8 Å². The Labute approximate surface area is 183 Å². The highest BCUT2D eigenvalue weighted by Crippen LogP contribution is 2.45. The van der Waals surface area contributed by atoms with Crippen LogP contribution >= 0.6 is 0 Å². The van der Waals surface area contributed by atoms with Gasteiger partial charge in [0.2, 0.25) is 0 Å². The first kappa shape index (κ1) is 18.1. The van der Waals surface area contributed by atoms with Gasteiger partial charge in [0.1, 0.15) is 30.0 Å². The van der Waals surface area contributed by atoms with Crippen LogP contribution in [0.2, 0.25) is 0 Å². The van der Waals surface area contributed by atoms with Crippen LogP contribution < -0.4 is 9.47 Å². The molecule has 0 amide bonds. The number of aromatic nitrogens is 5. The van der Waals surface area contributed by atoms with Crippen molar-refractivity contribution in [1.82, 2.24) is 24.6 Å². The topological polar surface area (TPSA) is 74.4 Å². The third-order valence-corrected chi connectivity index (χ3v) is 6.80. The highest BCUT2D eigenvalue weighted by molar-refractivity contribution is 5.80. The normalized spacial score (nSPS) is 19.3. The molecule has 4 aromatic rings. The van der Waals surface area contributed by atoms with Gasteiger partial charge in [0.25, 0.3) is 0 Å². The molecule has 0 spiro atoms. The summed E-state index contributed by atoms with van der Waals surface area (Å²) in [6, 6.07) is 5.26. The Balaban J connectivity index is 1.40. The van der Waals surface area contributed by atoms with Gasteiger partial charge in [0.15, 0.2) is 5.65 Å². The molecule has 3 aliphatic rings. The molecule has 1 saturated carbocycles. The number of halogens is 1. The molecule has 1 atom stereocenters. The van der Waals surface area contributed by atoms with Gasteiger partial charge >= 0.3 is 0 Å². The molecule has 7 rings (SSSR count). The van der Waals surface area contributed by atoms with Crippen LogP contribution in [0.3, 0.4) is 0 Å². The molecule has 1 fully saturated rings. The summed E-state index contributed by atoms with van der Waals surface area (Å²) >= 11 is 0. The maximum absolute atomic E-state index is 14.8. The van der Waals surface area contributed by atoms with E-state index in [4.69, 9.17) is 9.47 Å². The predicted octanol–water partition coefficient (Wildman–Crippen LogP) is 3.86. The summed E-state index contributed by atoms with van der Waals surface area (Å²) < 4.78 is 29.0. The zero-order valence-corrected chi connectivity index (χ0v) is 17.3. The summed E-state index contributed by atoms with van der Waals surface area (Å²) in [4.78, 5) is 8.86. The second-order valence-electron chi connectivity index (χ2n) is 8.75. The zero-order valence-electron chi connectivity index (χ0n) is 17.3. The predicted molar refractivity (Wildman–Crippen MR) is 114 cm³/mol.